The number of hydrogen-bond donors (Lipinski definition) is 1. The molecular formula is C17H15F2NO3S. The maximum absolute atomic E-state index is 13.4. The Balaban J connectivity index is 1.66. The summed E-state index contributed by atoms with van der Waals surface area (Å²) in [7, 11) is 0. The molecule has 0 atom stereocenters. The molecule has 0 fully saturated rings. The van der Waals surface area contributed by atoms with Crippen molar-refractivity contribution in [1.29, 1.82) is 0 Å². The molecule has 1 N–H and O–H groups in total. The lowest BCUT2D eigenvalue weighted by molar-refractivity contribution is -0.146. The van der Waals surface area contributed by atoms with Crippen molar-refractivity contribution in [1.82, 2.24) is 0 Å². The number of nitrogens with one attached hydrogen (secondary N) is 1. The summed E-state index contributed by atoms with van der Waals surface area (Å²) < 4.78 is 30.9. The van der Waals surface area contributed by atoms with Crippen molar-refractivity contribution in [3.05, 3.63) is 60.2 Å². The highest BCUT2D eigenvalue weighted by Gasteiger charge is 2.10. The SMILES string of the molecule is O=C(COC(=O)CCSc1ccc(F)cc1)Nc1ccccc1F. The Kier molecular flexibility index (Phi) is 6.74. The maximum Gasteiger partial charge on any atom is 0.307 e. The molecule has 2 rings (SSSR count). The zero-order valence-corrected chi connectivity index (χ0v) is 13.4. The van der Waals surface area contributed by atoms with Crippen molar-refractivity contribution >= 4 is 29.3 Å². The monoisotopic (exact) mass is 351 g/mol. The molecule has 0 bridgehead atoms. The van der Waals surface area contributed by atoms with Gasteiger partial charge in [-0.3, -0.25) is 9.59 Å². The van der Waals surface area contributed by atoms with Gasteiger partial charge in [0.05, 0.1) is 12.1 Å². The van der Waals surface area contributed by atoms with Crippen molar-refractivity contribution in [3.8, 4) is 0 Å². The molecule has 0 aliphatic carbocycles. The first-order valence-corrected chi connectivity index (χ1v) is 8.11. The summed E-state index contributed by atoms with van der Waals surface area (Å²) in [6.07, 6.45) is 0.106. The predicted molar refractivity (Wildman–Crippen MR) is 87.7 cm³/mol. The lowest BCUT2D eigenvalue weighted by Crippen LogP contribution is -2.21. The molecule has 0 heterocycles. The van der Waals surface area contributed by atoms with Crippen LogP contribution in [-0.2, 0) is 14.3 Å². The Morgan fingerprint density at radius 2 is 1.75 bits per heavy atom. The minimum atomic E-state index is -0.611. The first-order chi connectivity index (χ1) is 11.5. The third-order valence-corrected chi connectivity index (χ3v) is 3.91. The topological polar surface area (TPSA) is 55.4 Å². The van der Waals surface area contributed by atoms with Crippen LogP contribution in [0.2, 0.25) is 0 Å². The Hall–Kier alpha value is -2.41. The minimum Gasteiger partial charge on any atom is -0.456 e. The van der Waals surface area contributed by atoms with Crippen molar-refractivity contribution in [3.63, 3.8) is 0 Å². The first-order valence-electron chi connectivity index (χ1n) is 7.13. The van der Waals surface area contributed by atoms with Crippen LogP contribution in [0.15, 0.2) is 53.4 Å². The second-order valence-corrected chi connectivity index (χ2v) is 5.91. The Labute approximate surface area is 142 Å². The number of esters is 1. The quantitative estimate of drug-likeness (QED) is 0.611. The smallest absolute Gasteiger partial charge is 0.307 e. The molecular weight excluding hydrogens is 336 g/mol. The zero-order chi connectivity index (χ0) is 17.4. The van der Waals surface area contributed by atoms with Gasteiger partial charge in [0.25, 0.3) is 5.91 Å². The summed E-state index contributed by atoms with van der Waals surface area (Å²) in [5, 5.41) is 2.32. The molecule has 7 heteroatoms. The summed E-state index contributed by atoms with van der Waals surface area (Å²) in [5.41, 5.74) is 0.0328. The number of anilines is 1. The van der Waals surface area contributed by atoms with E-state index in [1.165, 1.54) is 42.1 Å². The molecule has 4 nitrogen and oxygen atoms in total. The van der Waals surface area contributed by atoms with E-state index in [9.17, 15) is 18.4 Å². The molecule has 0 radical (unpaired) electrons. The highest BCUT2D eigenvalue weighted by Crippen LogP contribution is 2.19. The van der Waals surface area contributed by atoms with Gasteiger partial charge in [-0.25, -0.2) is 8.78 Å². The fourth-order valence-electron chi connectivity index (χ4n) is 1.75. The van der Waals surface area contributed by atoms with E-state index in [1.807, 2.05) is 0 Å². The average molecular weight is 351 g/mol. The number of para-hydroxylation sites is 1. The standard InChI is InChI=1S/C17H15F2NO3S/c18-12-5-7-13(8-6-12)24-10-9-17(22)23-11-16(21)20-15-4-2-1-3-14(15)19/h1-8H,9-11H2,(H,20,21). The van der Waals surface area contributed by atoms with E-state index in [0.29, 0.717) is 5.75 Å². The van der Waals surface area contributed by atoms with Gasteiger partial charge in [0, 0.05) is 10.6 Å². The number of carbonyl (C=O) groups excluding carboxylic acids is 2. The number of benzene rings is 2. The fraction of sp³-hybridized carbons (Fsp3) is 0.176. The summed E-state index contributed by atoms with van der Waals surface area (Å²) in [6, 6.07) is 11.6. The first kappa shape index (κ1) is 17.9. The second-order valence-electron chi connectivity index (χ2n) is 4.74. The van der Waals surface area contributed by atoms with E-state index in [-0.39, 0.29) is 17.9 Å². The molecule has 2 aromatic carbocycles. The molecule has 0 aliphatic heterocycles. The van der Waals surface area contributed by atoms with Crippen molar-refractivity contribution < 1.29 is 23.1 Å². The highest BCUT2D eigenvalue weighted by molar-refractivity contribution is 7.99. The van der Waals surface area contributed by atoms with Gasteiger partial charge in [0.15, 0.2) is 6.61 Å². The molecule has 0 saturated heterocycles. The third-order valence-electron chi connectivity index (χ3n) is 2.90. The summed E-state index contributed by atoms with van der Waals surface area (Å²) in [4.78, 5) is 24.0. The zero-order valence-electron chi connectivity index (χ0n) is 12.6. The number of halogens is 2. The van der Waals surface area contributed by atoms with E-state index >= 15 is 0 Å². The van der Waals surface area contributed by atoms with Crippen LogP contribution in [0.25, 0.3) is 0 Å². The minimum absolute atomic E-state index is 0.0328. The van der Waals surface area contributed by atoms with Crippen molar-refractivity contribution in [2.24, 2.45) is 0 Å². The van der Waals surface area contributed by atoms with Crippen LogP contribution in [0.5, 0.6) is 0 Å². The Morgan fingerprint density at radius 1 is 1.04 bits per heavy atom. The molecule has 0 aliphatic rings. The van der Waals surface area contributed by atoms with Crippen LogP contribution in [0.3, 0.4) is 0 Å². The second kappa shape index (κ2) is 9.02. The van der Waals surface area contributed by atoms with Gasteiger partial charge in [0.1, 0.15) is 11.6 Å². The molecule has 24 heavy (non-hydrogen) atoms. The maximum atomic E-state index is 13.4. The summed E-state index contributed by atoms with van der Waals surface area (Å²) in [5.74, 6) is -1.58. The number of ether oxygens (including phenoxy) is 1. The van der Waals surface area contributed by atoms with Crippen LogP contribution in [0, 0.1) is 11.6 Å². The summed E-state index contributed by atoms with van der Waals surface area (Å²) >= 11 is 1.38. The van der Waals surface area contributed by atoms with Crippen molar-refractivity contribution in [2.45, 2.75) is 11.3 Å². The van der Waals surface area contributed by atoms with Gasteiger partial charge in [0.2, 0.25) is 0 Å². The molecule has 0 saturated carbocycles. The highest BCUT2D eigenvalue weighted by atomic mass is 32.2. The third kappa shape index (κ3) is 6.00. The van der Waals surface area contributed by atoms with Crippen molar-refractivity contribution in [2.75, 3.05) is 17.7 Å². The molecule has 2 aromatic rings. The van der Waals surface area contributed by atoms with Gasteiger partial charge >= 0.3 is 5.97 Å². The lowest BCUT2D eigenvalue weighted by Gasteiger charge is -2.07. The van der Waals surface area contributed by atoms with Gasteiger partial charge in [-0.1, -0.05) is 12.1 Å². The molecule has 0 spiro atoms. The molecule has 126 valence electrons. The summed E-state index contributed by atoms with van der Waals surface area (Å²) in [6.45, 7) is -0.478. The van der Waals surface area contributed by atoms with E-state index in [4.69, 9.17) is 4.74 Å². The van der Waals surface area contributed by atoms with E-state index in [2.05, 4.69) is 5.32 Å². The largest absolute Gasteiger partial charge is 0.456 e. The number of hydrogen-bond acceptors (Lipinski definition) is 4. The van der Waals surface area contributed by atoms with Crippen LogP contribution >= 0.6 is 11.8 Å². The fourth-order valence-corrected chi connectivity index (χ4v) is 2.58. The van der Waals surface area contributed by atoms with Gasteiger partial charge in [-0.2, -0.15) is 0 Å². The van der Waals surface area contributed by atoms with Gasteiger partial charge in [-0.15, -0.1) is 11.8 Å². The number of carbonyl (C=O) groups is 2. The lowest BCUT2D eigenvalue weighted by atomic mass is 10.3. The van der Waals surface area contributed by atoms with Crippen LogP contribution in [0.4, 0.5) is 14.5 Å². The van der Waals surface area contributed by atoms with Crippen LogP contribution in [-0.4, -0.2) is 24.2 Å². The number of amides is 1. The molecule has 0 unspecified atom stereocenters. The molecule has 1 amide bonds. The van der Waals surface area contributed by atoms with E-state index in [1.54, 1.807) is 18.2 Å². The normalized spacial score (nSPS) is 10.2. The Bertz CT molecular complexity index is 707. The van der Waals surface area contributed by atoms with Crippen LogP contribution < -0.4 is 5.32 Å². The molecule has 0 aromatic heterocycles. The average Bonchev–Trinajstić information content (AvgIpc) is 2.57. The van der Waals surface area contributed by atoms with E-state index in [0.717, 1.165) is 4.90 Å². The number of thioether (sulfide) groups is 1. The predicted octanol–water partition coefficient (Wildman–Crippen LogP) is 3.63. The van der Waals surface area contributed by atoms with E-state index < -0.39 is 24.3 Å². The van der Waals surface area contributed by atoms with Gasteiger partial charge in [-0.05, 0) is 36.4 Å². The van der Waals surface area contributed by atoms with Crippen LogP contribution in [0.1, 0.15) is 6.42 Å². The Morgan fingerprint density at radius 3 is 2.46 bits per heavy atom. The van der Waals surface area contributed by atoms with Gasteiger partial charge < -0.3 is 10.1 Å². The number of rotatable bonds is 7.